The average molecular weight is 236 g/mol. The lowest BCUT2D eigenvalue weighted by Crippen LogP contribution is -2.19. The largest absolute Gasteiger partial charge is 0.573 e. The van der Waals surface area contributed by atoms with Crippen LogP contribution in [0.2, 0.25) is 0 Å². The van der Waals surface area contributed by atoms with Crippen molar-refractivity contribution in [1.82, 2.24) is 4.98 Å². The number of methoxy groups -OCH3 is 1. The van der Waals surface area contributed by atoms with Crippen molar-refractivity contribution in [3.8, 4) is 11.6 Å². The summed E-state index contributed by atoms with van der Waals surface area (Å²) in [6.07, 6.45) is -4.75. The normalized spacial score (nSPS) is 11.4. The van der Waals surface area contributed by atoms with Gasteiger partial charge in [0.2, 0.25) is 5.88 Å². The number of nitrogens with two attached hydrogens (primary N) is 1. The maximum absolute atomic E-state index is 12.1. The Kier molecular flexibility index (Phi) is 3.58. The molecular weight excluding hydrogens is 225 g/mol. The second-order valence-electron chi connectivity index (χ2n) is 2.99. The highest BCUT2D eigenvalue weighted by molar-refractivity contribution is 5.39. The molecule has 0 radical (unpaired) electrons. The van der Waals surface area contributed by atoms with Gasteiger partial charge in [-0.05, 0) is 6.92 Å². The summed E-state index contributed by atoms with van der Waals surface area (Å²) in [7, 11) is 1.30. The molecule has 0 saturated heterocycles. The number of hydrogen-bond donors (Lipinski definition) is 1. The predicted octanol–water partition coefficient (Wildman–Crippen LogP) is 1.76. The summed E-state index contributed by atoms with van der Waals surface area (Å²) in [4.78, 5) is 3.91. The molecule has 1 rings (SSSR count). The molecule has 0 unspecified atom stereocenters. The van der Waals surface area contributed by atoms with Crippen LogP contribution in [0.5, 0.6) is 11.6 Å². The summed E-state index contributed by atoms with van der Waals surface area (Å²) in [5.41, 5.74) is 5.91. The van der Waals surface area contributed by atoms with Gasteiger partial charge in [0.25, 0.3) is 0 Å². The lowest BCUT2D eigenvalue weighted by molar-refractivity contribution is -0.274. The Bertz CT molecular complexity index is 380. The zero-order chi connectivity index (χ0) is 12.3. The van der Waals surface area contributed by atoms with Crippen molar-refractivity contribution in [1.29, 1.82) is 0 Å². The number of alkyl halides is 3. The van der Waals surface area contributed by atoms with E-state index in [1.807, 2.05) is 0 Å². The van der Waals surface area contributed by atoms with Crippen LogP contribution in [0.25, 0.3) is 0 Å². The van der Waals surface area contributed by atoms with Gasteiger partial charge in [0.05, 0.1) is 12.8 Å². The molecule has 0 aliphatic carbocycles. The molecule has 16 heavy (non-hydrogen) atoms. The van der Waals surface area contributed by atoms with Gasteiger partial charge in [0.15, 0.2) is 0 Å². The molecule has 4 nitrogen and oxygen atoms in total. The molecule has 0 aliphatic heterocycles. The second kappa shape index (κ2) is 4.56. The van der Waals surface area contributed by atoms with Gasteiger partial charge < -0.3 is 15.2 Å². The number of hydrogen-bond acceptors (Lipinski definition) is 4. The zero-order valence-electron chi connectivity index (χ0n) is 8.76. The quantitative estimate of drug-likeness (QED) is 0.868. The van der Waals surface area contributed by atoms with E-state index < -0.39 is 6.36 Å². The first-order valence-corrected chi connectivity index (χ1v) is 4.37. The minimum absolute atomic E-state index is 0.0112. The maximum atomic E-state index is 12.1. The fourth-order valence-corrected chi connectivity index (χ4v) is 1.15. The monoisotopic (exact) mass is 236 g/mol. The van der Waals surface area contributed by atoms with E-state index in [0.717, 1.165) is 6.07 Å². The first-order valence-electron chi connectivity index (χ1n) is 4.37. The Morgan fingerprint density at radius 1 is 1.44 bits per heavy atom. The molecule has 0 amide bonds. The third kappa shape index (κ3) is 2.99. The van der Waals surface area contributed by atoms with Crippen LogP contribution in [0.15, 0.2) is 6.07 Å². The molecule has 2 N–H and O–H groups in total. The van der Waals surface area contributed by atoms with Crippen LogP contribution in [-0.2, 0) is 6.54 Å². The fraction of sp³-hybridized carbons (Fsp3) is 0.444. The molecule has 0 saturated carbocycles. The zero-order valence-corrected chi connectivity index (χ0v) is 8.76. The van der Waals surface area contributed by atoms with Crippen molar-refractivity contribution >= 4 is 0 Å². The molecule has 1 aromatic rings. The Morgan fingerprint density at radius 3 is 2.50 bits per heavy atom. The van der Waals surface area contributed by atoms with Crippen molar-refractivity contribution in [3.63, 3.8) is 0 Å². The van der Waals surface area contributed by atoms with Crippen molar-refractivity contribution in [2.75, 3.05) is 7.11 Å². The summed E-state index contributed by atoms with van der Waals surface area (Å²) < 4.78 is 44.8. The van der Waals surface area contributed by atoms with Gasteiger partial charge >= 0.3 is 6.36 Å². The minimum Gasteiger partial charge on any atom is -0.481 e. The SMILES string of the molecule is COc1cc(OC(F)(F)F)c(C)c(CN)n1. The summed E-state index contributed by atoms with van der Waals surface area (Å²) in [6.45, 7) is 1.47. The highest BCUT2D eigenvalue weighted by Gasteiger charge is 2.32. The van der Waals surface area contributed by atoms with Gasteiger partial charge in [-0.15, -0.1) is 13.2 Å². The smallest absolute Gasteiger partial charge is 0.481 e. The molecule has 0 aliphatic rings. The third-order valence-electron chi connectivity index (χ3n) is 1.93. The van der Waals surface area contributed by atoms with Gasteiger partial charge in [-0.2, -0.15) is 0 Å². The number of nitrogens with zero attached hydrogens (tertiary/aromatic N) is 1. The molecule has 0 fully saturated rings. The highest BCUT2D eigenvalue weighted by Crippen LogP contribution is 2.30. The van der Waals surface area contributed by atoms with Crippen LogP contribution in [0, 0.1) is 6.92 Å². The van der Waals surface area contributed by atoms with Crippen molar-refractivity contribution < 1.29 is 22.6 Å². The molecule has 0 aromatic carbocycles. The first kappa shape index (κ1) is 12.6. The van der Waals surface area contributed by atoms with Crippen LogP contribution in [0.1, 0.15) is 11.3 Å². The highest BCUT2D eigenvalue weighted by atomic mass is 19.4. The lowest BCUT2D eigenvalue weighted by Gasteiger charge is -2.14. The van der Waals surface area contributed by atoms with Crippen LogP contribution in [0.4, 0.5) is 13.2 Å². The van der Waals surface area contributed by atoms with Crippen molar-refractivity contribution in [2.45, 2.75) is 19.8 Å². The van der Waals surface area contributed by atoms with E-state index >= 15 is 0 Å². The van der Waals surface area contributed by atoms with E-state index in [2.05, 4.69) is 9.72 Å². The van der Waals surface area contributed by atoms with Crippen LogP contribution < -0.4 is 15.2 Å². The average Bonchev–Trinajstić information content (AvgIpc) is 2.19. The molecule has 1 aromatic heterocycles. The molecule has 0 bridgehead atoms. The summed E-state index contributed by atoms with van der Waals surface area (Å²) in [5, 5.41) is 0. The Balaban J connectivity index is 3.16. The summed E-state index contributed by atoms with van der Waals surface area (Å²) in [5.74, 6) is -0.315. The van der Waals surface area contributed by atoms with E-state index in [1.165, 1.54) is 14.0 Å². The number of ether oxygens (including phenoxy) is 2. The molecule has 0 spiro atoms. The predicted molar refractivity (Wildman–Crippen MR) is 50.1 cm³/mol. The van der Waals surface area contributed by atoms with Gasteiger partial charge in [-0.3, -0.25) is 0 Å². The van der Waals surface area contributed by atoms with Crippen LogP contribution in [0.3, 0.4) is 0 Å². The molecule has 0 atom stereocenters. The molecular formula is C9H11F3N2O2. The number of rotatable bonds is 3. The van der Waals surface area contributed by atoms with Gasteiger partial charge in [0, 0.05) is 18.2 Å². The third-order valence-corrected chi connectivity index (χ3v) is 1.93. The van der Waals surface area contributed by atoms with Crippen LogP contribution in [-0.4, -0.2) is 18.5 Å². The Labute approximate surface area is 90.2 Å². The lowest BCUT2D eigenvalue weighted by atomic mass is 10.2. The van der Waals surface area contributed by atoms with E-state index in [0.29, 0.717) is 5.69 Å². The Morgan fingerprint density at radius 2 is 2.06 bits per heavy atom. The van der Waals surface area contributed by atoms with E-state index in [1.54, 1.807) is 0 Å². The van der Waals surface area contributed by atoms with Gasteiger partial charge in [0.1, 0.15) is 5.75 Å². The van der Waals surface area contributed by atoms with Crippen molar-refractivity contribution in [2.24, 2.45) is 5.73 Å². The van der Waals surface area contributed by atoms with E-state index in [-0.39, 0.29) is 23.7 Å². The second-order valence-corrected chi connectivity index (χ2v) is 2.99. The molecule has 1 heterocycles. The standard InChI is InChI=1S/C9H11F3N2O2/c1-5-6(4-13)14-8(15-2)3-7(5)16-9(10,11)12/h3H,4,13H2,1-2H3. The maximum Gasteiger partial charge on any atom is 0.573 e. The number of aromatic nitrogens is 1. The fourth-order valence-electron chi connectivity index (χ4n) is 1.15. The van der Waals surface area contributed by atoms with Gasteiger partial charge in [-0.1, -0.05) is 0 Å². The number of halogens is 3. The Hall–Kier alpha value is -1.50. The van der Waals surface area contributed by atoms with Crippen LogP contribution >= 0.6 is 0 Å². The minimum atomic E-state index is -4.75. The van der Waals surface area contributed by atoms with Gasteiger partial charge in [-0.25, -0.2) is 4.98 Å². The number of pyridine rings is 1. The summed E-state index contributed by atoms with van der Waals surface area (Å²) in [6, 6.07) is 1.07. The van der Waals surface area contributed by atoms with Crippen molar-refractivity contribution in [3.05, 3.63) is 17.3 Å². The topological polar surface area (TPSA) is 57.4 Å². The molecule has 7 heteroatoms. The first-order chi connectivity index (χ1) is 7.37. The van der Waals surface area contributed by atoms with E-state index in [4.69, 9.17) is 10.5 Å². The van der Waals surface area contributed by atoms with E-state index in [9.17, 15) is 13.2 Å². The summed E-state index contributed by atoms with van der Waals surface area (Å²) >= 11 is 0. The molecule has 90 valence electrons.